The molecule has 5 heteroatoms. The number of hydrogen-bond donors (Lipinski definition) is 1. The average molecular weight is 373 g/mol. The number of amides is 1. The van der Waals surface area contributed by atoms with Crippen LogP contribution in [0.5, 0.6) is 5.75 Å². The zero-order chi connectivity index (χ0) is 13.1. The Morgan fingerprint density at radius 2 is 2.22 bits per heavy atom. The van der Waals surface area contributed by atoms with Gasteiger partial charge in [-0.2, -0.15) is 11.3 Å². The topological polar surface area (TPSA) is 40.5 Å². The quantitative estimate of drug-likeness (QED) is 0.839. The molecular formula is C13H12INO2S. The minimum absolute atomic E-state index is 0.0255. The van der Waals surface area contributed by atoms with Gasteiger partial charge in [-0.25, -0.2) is 0 Å². The first-order chi connectivity index (χ1) is 8.58. The van der Waals surface area contributed by atoms with E-state index in [0.717, 1.165) is 9.13 Å². The molecule has 94 valence electrons. The molecule has 2 aromatic rings. The monoisotopic (exact) mass is 373 g/mol. The molecule has 0 saturated carbocycles. The number of thiophene rings is 1. The molecule has 1 heterocycles. The van der Waals surface area contributed by atoms with Crippen LogP contribution in [0, 0.1) is 3.57 Å². The van der Waals surface area contributed by atoms with Gasteiger partial charge in [-0.05, 0) is 63.2 Å². The fourth-order valence-corrected chi connectivity index (χ4v) is 2.76. The van der Waals surface area contributed by atoms with Gasteiger partial charge < -0.3 is 10.0 Å². The zero-order valence-electron chi connectivity index (χ0n) is 9.76. The van der Waals surface area contributed by atoms with E-state index in [1.165, 1.54) is 0 Å². The van der Waals surface area contributed by atoms with Gasteiger partial charge in [-0.3, -0.25) is 4.79 Å². The lowest BCUT2D eigenvalue weighted by Crippen LogP contribution is -2.26. The highest BCUT2D eigenvalue weighted by atomic mass is 127. The van der Waals surface area contributed by atoms with Gasteiger partial charge in [0.05, 0.1) is 5.56 Å². The molecule has 0 unspecified atom stereocenters. The maximum atomic E-state index is 12.2. The Labute approximate surface area is 123 Å². The summed E-state index contributed by atoms with van der Waals surface area (Å²) in [6.45, 7) is 0.549. The smallest absolute Gasteiger partial charge is 0.257 e. The second-order valence-electron chi connectivity index (χ2n) is 3.95. The Hall–Kier alpha value is -1.08. The highest BCUT2D eigenvalue weighted by Gasteiger charge is 2.16. The molecule has 2 rings (SSSR count). The maximum absolute atomic E-state index is 12.2. The number of halogens is 1. The van der Waals surface area contributed by atoms with Crippen molar-refractivity contribution in [1.82, 2.24) is 4.90 Å². The predicted molar refractivity (Wildman–Crippen MR) is 80.9 cm³/mol. The first-order valence-electron chi connectivity index (χ1n) is 5.33. The van der Waals surface area contributed by atoms with Crippen LogP contribution in [0.4, 0.5) is 0 Å². The van der Waals surface area contributed by atoms with Crippen LogP contribution in [-0.2, 0) is 6.54 Å². The SMILES string of the molecule is CN(Cc1ccsc1)C(=O)c1cc(I)ccc1O. The van der Waals surface area contributed by atoms with E-state index in [4.69, 9.17) is 0 Å². The van der Waals surface area contributed by atoms with Crippen LogP contribution in [0.15, 0.2) is 35.0 Å². The zero-order valence-corrected chi connectivity index (χ0v) is 12.7. The summed E-state index contributed by atoms with van der Waals surface area (Å²) in [5.41, 5.74) is 1.44. The van der Waals surface area contributed by atoms with Crippen molar-refractivity contribution in [3.63, 3.8) is 0 Å². The van der Waals surface area contributed by atoms with Gasteiger partial charge >= 0.3 is 0 Å². The molecule has 18 heavy (non-hydrogen) atoms. The average Bonchev–Trinajstić information content (AvgIpc) is 2.84. The van der Waals surface area contributed by atoms with E-state index >= 15 is 0 Å². The molecule has 0 aliphatic rings. The lowest BCUT2D eigenvalue weighted by molar-refractivity contribution is 0.0782. The van der Waals surface area contributed by atoms with Gasteiger partial charge in [-0.1, -0.05) is 0 Å². The number of phenols is 1. The molecule has 3 nitrogen and oxygen atoms in total. The lowest BCUT2D eigenvalue weighted by Gasteiger charge is -2.17. The molecule has 0 fully saturated rings. The Balaban J connectivity index is 2.17. The van der Waals surface area contributed by atoms with E-state index in [0.29, 0.717) is 12.1 Å². The molecule has 0 atom stereocenters. The maximum Gasteiger partial charge on any atom is 0.257 e. The first kappa shape index (κ1) is 13.4. The molecule has 0 aliphatic carbocycles. The number of benzene rings is 1. The van der Waals surface area contributed by atoms with E-state index in [1.807, 2.05) is 16.8 Å². The summed E-state index contributed by atoms with van der Waals surface area (Å²) in [6.07, 6.45) is 0. The summed E-state index contributed by atoms with van der Waals surface area (Å²) in [6, 6.07) is 7.00. The van der Waals surface area contributed by atoms with E-state index in [-0.39, 0.29) is 11.7 Å². The molecule has 0 radical (unpaired) electrons. The number of carbonyl (C=O) groups excluding carboxylic acids is 1. The number of nitrogens with zero attached hydrogens (tertiary/aromatic N) is 1. The normalized spacial score (nSPS) is 10.3. The van der Waals surface area contributed by atoms with Gasteiger partial charge in [0.2, 0.25) is 0 Å². The van der Waals surface area contributed by atoms with Gasteiger partial charge in [0.15, 0.2) is 0 Å². The molecule has 0 aliphatic heterocycles. The summed E-state index contributed by atoms with van der Waals surface area (Å²) in [4.78, 5) is 13.8. The van der Waals surface area contributed by atoms with Crippen LogP contribution in [0.25, 0.3) is 0 Å². The lowest BCUT2D eigenvalue weighted by atomic mass is 10.1. The molecular weight excluding hydrogens is 361 g/mol. The molecule has 1 aromatic heterocycles. The Morgan fingerprint density at radius 1 is 1.44 bits per heavy atom. The van der Waals surface area contributed by atoms with Crippen molar-refractivity contribution in [2.45, 2.75) is 6.54 Å². The van der Waals surface area contributed by atoms with Crippen LogP contribution in [-0.4, -0.2) is 23.0 Å². The van der Waals surface area contributed by atoms with Crippen LogP contribution < -0.4 is 0 Å². The highest BCUT2D eigenvalue weighted by molar-refractivity contribution is 14.1. The van der Waals surface area contributed by atoms with Crippen molar-refractivity contribution in [2.24, 2.45) is 0 Å². The van der Waals surface area contributed by atoms with Gasteiger partial charge in [0, 0.05) is 17.2 Å². The fraction of sp³-hybridized carbons (Fsp3) is 0.154. The van der Waals surface area contributed by atoms with Gasteiger partial charge in [0.25, 0.3) is 5.91 Å². The third-order valence-corrected chi connectivity index (χ3v) is 3.94. The van der Waals surface area contributed by atoms with Gasteiger partial charge in [0.1, 0.15) is 5.75 Å². The molecule has 0 bridgehead atoms. The van der Waals surface area contributed by atoms with Crippen molar-refractivity contribution in [2.75, 3.05) is 7.05 Å². The summed E-state index contributed by atoms with van der Waals surface area (Å²) < 4.78 is 0.928. The summed E-state index contributed by atoms with van der Waals surface area (Å²) >= 11 is 3.73. The van der Waals surface area contributed by atoms with E-state index in [1.54, 1.807) is 41.5 Å². The summed E-state index contributed by atoms with van der Waals surface area (Å²) in [5, 5.41) is 13.7. The Morgan fingerprint density at radius 3 is 2.89 bits per heavy atom. The number of carbonyl (C=O) groups is 1. The van der Waals surface area contributed by atoms with E-state index in [2.05, 4.69) is 22.6 Å². The van der Waals surface area contributed by atoms with E-state index in [9.17, 15) is 9.90 Å². The summed E-state index contributed by atoms with van der Waals surface area (Å²) in [5.74, 6) is -0.144. The van der Waals surface area contributed by atoms with Crippen LogP contribution in [0.2, 0.25) is 0 Å². The first-order valence-corrected chi connectivity index (χ1v) is 7.35. The molecule has 0 spiro atoms. The fourth-order valence-electron chi connectivity index (χ4n) is 1.61. The Bertz CT molecular complexity index is 554. The van der Waals surface area contributed by atoms with Crippen LogP contribution in [0.1, 0.15) is 15.9 Å². The van der Waals surface area contributed by atoms with Crippen LogP contribution in [0.3, 0.4) is 0 Å². The third-order valence-electron chi connectivity index (χ3n) is 2.54. The number of rotatable bonds is 3. The standard InChI is InChI=1S/C13H12INO2S/c1-15(7-9-4-5-18-8-9)13(17)11-6-10(14)2-3-12(11)16/h2-6,8,16H,7H2,1H3. The second-order valence-corrected chi connectivity index (χ2v) is 5.98. The minimum atomic E-state index is -0.169. The largest absolute Gasteiger partial charge is 0.507 e. The Kier molecular flexibility index (Phi) is 4.23. The van der Waals surface area contributed by atoms with Crippen LogP contribution >= 0.6 is 33.9 Å². The van der Waals surface area contributed by atoms with Crippen molar-refractivity contribution < 1.29 is 9.90 Å². The van der Waals surface area contributed by atoms with Crippen molar-refractivity contribution in [3.8, 4) is 5.75 Å². The van der Waals surface area contributed by atoms with Crippen molar-refractivity contribution in [1.29, 1.82) is 0 Å². The van der Waals surface area contributed by atoms with Gasteiger partial charge in [-0.15, -0.1) is 0 Å². The third kappa shape index (κ3) is 3.02. The predicted octanol–water partition coefficient (Wildman–Crippen LogP) is 3.33. The molecule has 1 amide bonds. The second kappa shape index (κ2) is 5.71. The van der Waals surface area contributed by atoms with Crippen molar-refractivity contribution >= 4 is 39.8 Å². The summed E-state index contributed by atoms with van der Waals surface area (Å²) in [7, 11) is 1.74. The van der Waals surface area contributed by atoms with Crippen molar-refractivity contribution in [3.05, 3.63) is 49.7 Å². The highest BCUT2D eigenvalue weighted by Crippen LogP contribution is 2.21. The molecule has 0 saturated heterocycles. The van der Waals surface area contributed by atoms with E-state index < -0.39 is 0 Å². The molecule has 1 N–H and O–H groups in total. The minimum Gasteiger partial charge on any atom is -0.507 e. The molecule has 1 aromatic carbocycles. The number of aromatic hydroxyl groups is 1. The number of phenolic OH excluding ortho intramolecular Hbond substituents is 1. The number of hydrogen-bond acceptors (Lipinski definition) is 3.